The monoisotopic (exact) mass is 340 g/mol. The molecule has 0 N–H and O–H groups in total. The van der Waals surface area contributed by atoms with Crippen LogP contribution in [0.1, 0.15) is 55.6 Å². The van der Waals surface area contributed by atoms with Gasteiger partial charge in [-0.3, -0.25) is 9.59 Å². The fourth-order valence-corrected chi connectivity index (χ4v) is 4.75. The molecule has 0 unspecified atom stereocenters. The first-order valence-electron chi connectivity index (χ1n) is 9.87. The van der Waals surface area contributed by atoms with Gasteiger partial charge in [-0.25, -0.2) is 0 Å². The van der Waals surface area contributed by atoms with E-state index in [9.17, 15) is 9.59 Å². The number of amides is 2. The highest BCUT2D eigenvalue weighted by Gasteiger charge is 2.33. The number of likely N-dealkylation sites (tertiary alicyclic amines) is 2. The topological polar surface area (TPSA) is 40.6 Å². The third kappa shape index (κ3) is 3.44. The molecule has 4 rings (SSSR count). The molecule has 25 heavy (non-hydrogen) atoms. The van der Waals surface area contributed by atoms with Crippen molar-refractivity contribution in [3.63, 3.8) is 0 Å². The van der Waals surface area contributed by atoms with Crippen LogP contribution >= 0.6 is 0 Å². The molecule has 4 heteroatoms. The quantitative estimate of drug-likeness (QED) is 0.845. The smallest absolute Gasteiger partial charge is 0.230 e. The van der Waals surface area contributed by atoms with Crippen LogP contribution in [0.3, 0.4) is 0 Å². The first kappa shape index (κ1) is 16.6. The fourth-order valence-electron chi connectivity index (χ4n) is 4.75. The zero-order chi connectivity index (χ0) is 17.2. The zero-order valence-corrected chi connectivity index (χ0v) is 15.0. The van der Waals surface area contributed by atoms with Gasteiger partial charge in [-0.05, 0) is 55.6 Å². The number of piperidine rings is 1. The molecule has 1 aromatic carbocycles. The molecule has 2 fully saturated rings. The van der Waals surface area contributed by atoms with Crippen molar-refractivity contribution >= 4 is 11.8 Å². The zero-order valence-electron chi connectivity index (χ0n) is 15.0. The molecule has 2 amide bonds. The van der Waals surface area contributed by atoms with Gasteiger partial charge in [0.15, 0.2) is 0 Å². The lowest BCUT2D eigenvalue weighted by atomic mass is 9.91. The van der Waals surface area contributed by atoms with Crippen LogP contribution in [0, 0.1) is 5.92 Å². The SMILES string of the molecule is O=C1CCCN1CCC1CCN(C(=O)[C@H]2CCc3ccccc32)CC1. The second kappa shape index (κ2) is 7.19. The Bertz CT molecular complexity index is 649. The van der Waals surface area contributed by atoms with Gasteiger partial charge in [0.05, 0.1) is 5.92 Å². The molecule has 1 aliphatic carbocycles. The second-order valence-corrected chi connectivity index (χ2v) is 7.83. The number of hydrogen-bond acceptors (Lipinski definition) is 2. The van der Waals surface area contributed by atoms with E-state index in [-0.39, 0.29) is 5.92 Å². The van der Waals surface area contributed by atoms with E-state index in [1.807, 2.05) is 4.90 Å². The first-order valence-corrected chi connectivity index (χ1v) is 9.87. The number of rotatable bonds is 4. The largest absolute Gasteiger partial charge is 0.343 e. The molecule has 4 nitrogen and oxygen atoms in total. The third-order valence-electron chi connectivity index (χ3n) is 6.34. The van der Waals surface area contributed by atoms with Gasteiger partial charge >= 0.3 is 0 Å². The Kier molecular flexibility index (Phi) is 4.78. The minimum Gasteiger partial charge on any atom is -0.343 e. The van der Waals surface area contributed by atoms with E-state index in [1.165, 1.54) is 11.1 Å². The van der Waals surface area contributed by atoms with Crippen LogP contribution in [0.15, 0.2) is 24.3 Å². The minimum absolute atomic E-state index is 0.0787. The molecule has 2 saturated heterocycles. The number of benzene rings is 1. The van der Waals surface area contributed by atoms with Gasteiger partial charge in [-0.2, -0.15) is 0 Å². The Labute approximate surface area is 150 Å². The molecule has 1 atom stereocenters. The standard InChI is InChI=1S/C21H28N2O2/c24-20-6-3-12-22(20)13-9-16-10-14-23(15-11-16)21(25)19-8-7-17-4-1-2-5-18(17)19/h1-2,4-5,16,19H,3,6-15H2/t19-/m0/s1. The fraction of sp³-hybridized carbons (Fsp3) is 0.619. The van der Waals surface area contributed by atoms with Gasteiger partial charge in [0.25, 0.3) is 0 Å². The summed E-state index contributed by atoms with van der Waals surface area (Å²) in [4.78, 5) is 28.8. The lowest BCUT2D eigenvalue weighted by molar-refractivity contribution is -0.134. The molecule has 2 aliphatic heterocycles. The van der Waals surface area contributed by atoms with Crippen molar-refractivity contribution in [1.82, 2.24) is 9.80 Å². The molecule has 1 aromatic rings. The lowest BCUT2D eigenvalue weighted by Crippen LogP contribution is -2.41. The average Bonchev–Trinajstić information content (AvgIpc) is 3.26. The Hall–Kier alpha value is -1.84. The predicted molar refractivity (Wildman–Crippen MR) is 97.2 cm³/mol. The summed E-state index contributed by atoms with van der Waals surface area (Å²) in [5, 5.41) is 0. The number of fused-ring (bicyclic) bond motifs is 1. The Balaban J connectivity index is 1.27. The van der Waals surface area contributed by atoms with Crippen molar-refractivity contribution in [1.29, 1.82) is 0 Å². The van der Waals surface area contributed by atoms with Gasteiger partial charge in [-0.15, -0.1) is 0 Å². The number of carbonyl (C=O) groups excluding carboxylic acids is 2. The molecule has 0 saturated carbocycles. The van der Waals surface area contributed by atoms with Gasteiger partial charge in [0, 0.05) is 32.6 Å². The molecular weight excluding hydrogens is 312 g/mol. The summed E-state index contributed by atoms with van der Waals surface area (Å²) in [6.45, 7) is 3.62. The highest BCUT2D eigenvalue weighted by Crippen LogP contribution is 2.35. The number of aryl methyl sites for hydroxylation is 1. The van der Waals surface area contributed by atoms with Gasteiger partial charge in [0.2, 0.25) is 11.8 Å². The van der Waals surface area contributed by atoms with E-state index in [2.05, 4.69) is 29.2 Å². The van der Waals surface area contributed by atoms with Gasteiger partial charge < -0.3 is 9.80 Å². The molecule has 0 spiro atoms. The summed E-state index contributed by atoms with van der Waals surface area (Å²) in [6.07, 6.45) is 7.02. The van der Waals surface area contributed by atoms with Crippen molar-refractivity contribution in [3.05, 3.63) is 35.4 Å². The summed E-state index contributed by atoms with van der Waals surface area (Å²) in [6, 6.07) is 8.41. The van der Waals surface area contributed by atoms with E-state index >= 15 is 0 Å². The molecule has 3 aliphatic rings. The number of hydrogen-bond donors (Lipinski definition) is 0. The lowest BCUT2D eigenvalue weighted by Gasteiger charge is -2.34. The molecule has 0 bridgehead atoms. The van der Waals surface area contributed by atoms with Crippen LogP contribution in [0.25, 0.3) is 0 Å². The molecule has 134 valence electrons. The van der Waals surface area contributed by atoms with Crippen molar-refractivity contribution < 1.29 is 9.59 Å². The van der Waals surface area contributed by atoms with Crippen molar-refractivity contribution in [2.24, 2.45) is 5.92 Å². The van der Waals surface area contributed by atoms with Crippen LogP contribution in [-0.4, -0.2) is 47.8 Å². The van der Waals surface area contributed by atoms with Crippen LogP contribution < -0.4 is 0 Å². The maximum atomic E-state index is 13.0. The number of carbonyl (C=O) groups is 2. The summed E-state index contributed by atoms with van der Waals surface area (Å²) in [5.41, 5.74) is 2.60. The van der Waals surface area contributed by atoms with Gasteiger partial charge in [0.1, 0.15) is 0 Å². The van der Waals surface area contributed by atoms with E-state index in [0.717, 1.165) is 71.1 Å². The average molecular weight is 340 g/mol. The van der Waals surface area contributed by atoms with E-state index in [4.69, 9.17) is 0 Å². The summed E-state index contributed by atoms with van der Waals surface area (Å²) in [7, 11) is 0. The van der Waals surface area contributed by atoms with Crippen molar-refractivity contribution in [2.75, 3.05) is 26.2 Å². The van der Waals surface area contributed by atoms with Crippen LogP contribution in [-0.2, 0) is 16.0 Å². The highest BCUT2D eigenvalue weighted by molar-refractivity contribution is 5.85. The van der Waals surface area contributed by atoms with Crippen molar-refractivity contribution in [2.45, 2.75) is 50.9 Å². The van der Waals surface area contributed by atoms with Gasteiger partial charge in [-0.1, -0.05) is 24.3 Å². The normalized spacial score (nSPS) is 24.0. The summed E-state index contributed by atoms with van der Waals surface area (Å²) < 4.78 is 0. The third-order valence-corrected chi connectivity index (χ3v) is 6.34. The maximum absolute atomic E-state index is 13.0. The van der Waals surface area contributed by atoms with E-state index < -0.39 is 0 Å². The van der Waals surface area contributed by atoms with E-state index in [0.29, 0.717) is 17.7 Å². The number of nitrogens with zero attached hydrogens (tertiary/aromatic N) is 2. The molecule has 0 aromatic heterocycles. The Morgan fingerprint density at radius 1 is 1.04 bits per heavy atom. The summed E-state index contributed by atoms with van der Waals surface area (Å²) in [5.74, 6) is 1.40. The van der Waals surface area contributed by atoms with E-state index in [1.54, 1.807) is 0 Å². The molecular formula is C21H28N2O2. The second-order valence-electron chi connectivity index (χ2n) is 7.83. The van der Waals surface area contributed by atoms with Crippen LogP contribution in [0.4, 0.5) is 0 Å². The van der Waals surface area contributed by atoms with Crippen LogP contribution in [0.2, 0.25) is 0 Å². The van der Waals surface area contributed by atoms with Crippen molar-refractivity contribution in [3.8, 4) is 0 Å². The molecule has 2 heterocycles. The minimum atomic E-state index is 0.0787. The Morgan fingerprint density at radius 2 is 1.84 bits per heavy atom. The van der Waals surface area contributed by atoms with Crippen LogP contribution in [0.5, 0.6) is 0 Å². The maximum Gasteiger partial charge on any atom is 0.230 e. The summed E-state index contributed by atoms with van der Waals surface area (Å²) >= 11 is 0. The predicted octanol–water partition coefficient (Wildman–Crippen LogP) is 2.97. The molecule has 0 radical (unpaired) electrons. The highest BCUT2D eigenvalue weighted by atomic mass is 16.2. The first-order chi connectivity index (χ1) is 12.2. The Morgan fingerprint density at radius 3 is 2.60 bits per heavy atom.